The first kappa shape index (κ1) is 14.3. The summed E-state index contributed by atoms with van der Waals surface area (Å²) in [6.45, 7) is 0.122. The van der Waals surface area contributed by atoms with E-state index in [2.05, 4.69) is 0 Å². The zero-order valence-corrected chi connectivity index (χ0v) is 11.2. The van der Waals surface area contributed by atoms with Crippen LogP contribution in [0.25, 0.3) is 0 Å². The third-order valence-electron chi connectivity index (χ3n) is 2.69. The van der Waals surface area contributed by atoms with Gasteiger partial charge in [-0.2, -0.15) is 0 Å². The van der Waals surface area contributed by atoms with Gasteiger partial charge in [-0.25, -0.2) is 0 Å². The van der Waals surface area contributed by atoms with Gasteiger partial charge in [0.15, 0.2) is 0 Å². The van der Waals surface area contributed by atoms with Gasteiger partial charge in [0, 0.05) is 6.07 Å². The van der Waals surface area contributed by atoms with Crippen LogP contribution in [0.5, 0.6) is 5.75 Å². The van der Waals surface area contributed by atoms with Crippen molar-refractivity contribution in [3.05, 3.63) is 68.7 Å². The summed E-state index contributed by atoms with van der Waals surface area (Å²) < 4.78 is 5.53. The second-order valence-corrected chi connectivity index (χ2v) is 4.54. The zero-order valence-electron chi connectivity index (χ0n) is 10.5. The molecule has 2 aromatic rings. The molecule has 0 atom stereocenters. The number of nitrogens with zero attached hydrogens (tertiary/aromatic N) is 1. The van der Waals surface area contributed by atoms with Gasteiger partial charge in [-0.3, -0.25) is 10.1 Å². The minimum atomic E-state index is -0.530. The molecule has 0 amide bonds. The van der Waals surface area contributed by atoms with E-state index in [1.165, 1.54) is 12.1 Å². The van der Waals surface area contributed by atoms with E-state index >= 15 is 0 Å². The Morgan fingerprint density at radius 2 is 2.00 bits per heavy atom. The van der Waals surface area contributed by atoms with Crippen molar-refractivity contribution in [2.45, 2.75) is 13.2 Å². The van der Waals surface area contributed by atoms with Gasteiger partial charge < -0.3 is 9.84 Å². The lowest BCUT2D eigenvalue weighted by molar-refractivity contribution is -0.384. The van der Waals surface area contributed by atoms with E-state index in [0.717, 1.165) is 5.56 Å². The zero-order chi connectivity index (χ0) is 14.5. The molecule has 0 radical (unpaired) electrons. The smallest absolute Gasteiger partial charge is 0.288 e. The highest BCUT2D eigenvalue weighted by Crippen LogP contribution is 2.25. The number of aliphatic hydroxyl groups is 1. The molecular weight excluding hydrogens is 282 g/mol. The van der Waals surface area contributed by atoms with Crippen molar-refractivity contribution in [2.24, 2.45) is 0 Å². The SMILES string of the molecule is O=[N+]([O-])c1cc(COc2cccc(CO)c2)ccc1Cl. The molecule has 0 aliphatic carbocycles. The first-order valence-electron chi connectivity index (χ1n) is 5.85. The molecule has 1 N–H and O–H groups in total. The van der Waals surface area contributed by atoms with E-state index in [-0.39, 0.29) is 23.9 Å². The number of hydrogen-bond donors (Lipinski definition) is 1. The van der Waals surface area contributed by atoms with Crippen LogP contribution in [0.15, 0.2) is 42.5 Å². The van der Waals surface area contributed by atoms with Crippen molar-refractivity contribution in [2.75, 3.05) is 0 Å². The molecule has 0 aliphatic heterocycles. The van der Waals surface area contributed by atoms with Crippen molar-refractivity contribution in [1.29, 1.82) is 0 Å². The van der Waals surface area contributed by atoms with E-state index in [1.807, 2.05) is 0 Å². The Balaban J connectivity index is 2.10. The van der Waals surface area contributed by atoms with Crippen molar-refractivity contribution in [1.82, 2.24) is 0 Å². The van der Waals surface area contributed by atoms with Crippen molar-refractivity contribution >= 4 is 17.3 Å². The van der Waals surface area contributed by atoms with E-state index in [4.69, 9.17) is 21.4 Å². The van der Waals surface area contributed by atoms with Crippen LogP contribution in [0.1, 0.15) is 11.1 Å². The Kier molecular flexibility index (Phi) is 4.55. The van der Waals surface area contributed by atoms with Crippen LogP contribution < -0.4 is 4.74 Å². The number of hydrogen-bond acceptors (Lipinski definition) is 4. The number of nitro benzene ring substituents is 1. The van der Waals surface area contributed by atoms with Crippen LogP contribution in [0.4, 0.5) is 5.69 Å². The van der Waals surface area contributed by atoms with Crippen LogP contribution >= 0.6 is 11.6 Å². The molecule has 2 rings (SSSR count). The number of aliphatic hydroxyl groups excluding tert-OH is 1. The Morgan fingerprint density at radius 3 is 2.70 bits per heavy atom. The molecule has 0 heterocycles. The third-order valence-corrected chi connectivity index (χ3v) is 3.01. The standard InChI is InChI=1S/C14H12ClNO4/c15-13-5-4-11(7-14(13)16(18)19)9-20-12-3-1-2-10(6-12)8-17/h1-7,17H,8-9H2. The number of halogens is 1. The fraction of sp³-hybridized carbons (Fsp3) is 0.143. The molecule has 0 unspecified atom stereocenters. The first-order chi connectivity index (χ1) is 9.60. The average molecular weight is 294 g/mol. The summed E-state index contributed by atoms with van der Waals surface area (Å²) in [5.74, 6) is 0.592. The molecule has 0 saturated heterocycles. The number of rotatable bonds is 5. The summed E-state index contributed by atoms with van der Waals surface area (Å²) in [5.41, 5.74) is 1.25. The van der Waals surface area contributed by atoms with Crippen LogP contribution in [0.2, 0.25) is 5.02 Å². The van der Waals surface area contributed by atoms with E-state index < -0.39 is 4.92 Å². The van der Waals surface area contributed by atoms with Crippen LogP contribution in [-0.4, -0.2) is 10.0 Å². The van der Waals surface area contributed by atoms with Gasteiger partial charge in [0.1, 0.15) is 17.4 Å². The third kappa shape index (κ3) is 3.46. The van der Waals surface area contributed by atoms with E-state index in [1.54, 1.807) is 30.3 Å². The molecule has 104 valence electrons. The predicted octanol–water partition coefficient (Wildman–Crippen LogP) is 3.32. The normalized spacial score (nSPS) is 10.3. The van der Waals surface area contributed by atoms with Crippen molar-refractivity contribution < 1.29 is 14.8 Å². The van der Waals surface area contributed by atoms with Gasteiger partial charge in [-0.1, -0.05) is 29.8 Å². The molecule has 0 saturated carbocycles. The summed E-state index contributed by atoms with van der Waals surface area (Å²) in [4.78, 5) is 10.3. The molecule has 5 nitrogen and oxygen atoms in total. The predicted molar refractivity (Wildman–Crippen MR) is 74.8 cm³/mol. The molecule has 0 bridgehead atoms. The number of nitro groups is 1. The molecule has 6 heteroatoms. The first-order valence-corrected chi connectivity index (χ1v) is 6.23. The van der Waals surface area contributed by atoms with E-state index in [0.29, 0.717) is 11.3 Å². The average Bonchev–Trinajstić information content (AvgIpc) is 2.46. The largest absolute Gasteiger partial charge is 0.489 e. The molecule has 0 fully saturated rings. The fourth-order valence-electron chi connectivity index (χ4n) is 1.69. The number of benzene rings is 2. The lowest BCUT2D eigenvalue weighted by Gasteiger charge is -2.07. The molecule has 2 aromatic carbocycles. The van der Waals surface area contributed by atoms with Crippen LogP contribution in [0, 0.1) is 10.1 Å². The second-order valence-electron chi connectivity index (χ2n) is 4.14. The summed E-state index contributed by atoms with van der Waals surface area (Å²) in [7, 11) is 0. The van der Waals surface area contributed by atoms with Gasteiger partial charge >= 0.3 is 0 Å². The Hall–Kier alpha value is -2.11. The molecular formula is C14H12ClNO4. The van der Waals surface area contributed by atoms with Gasteiger partial charge in [-0.05, 0) is 29.3 Å². The topological polar surface area (TPSA) is 72.6 Å². The maximum Gasteiger partial charge on any atom is 0.288 e. The van der Waals surface area contributed by atoms with Gasteiger partial charge in [0.05, 0.1) is 11.5 Å². The van der Waals surface area contributed by atoms with Gasteiger partial charge in [0.2, 0.25) is 0 Å². The summed E-state index contributed by atoms with van der Waals surface area (Å²) in [6.07, 6.45) is 0. The molecule has 20 heavy (non-hydrogen) atoms. The van der Waals surface area contributed by atoms with Crippen molar-refractivity contribution in [3.63, 3.8) is 0 Å². The maximum atomic E-state index is 10.8. The lowest BCUT2D eigenvalue weighted by Crippen LogP contribution is -1.98. The van der Waals surface area contributed by atoms with E-state index in [9.17, 15) is 10.1 Å². The van der Waals surface area contributed by atoms with Gasteiger partial charge in [0.25, 0.3) is 5.69 Å². The minimum Gasteiger partial charge on any atom is -0.489 e. The quantitative estimate of drug-likeness (QED) is 0.678. The second kappa shape index (κ2) is 6.36. The van der Waals surface area contributed by atoms with Crippen LogP contribution in [0.3, 0.4) is 0 Å². The Morgan fingerprint density at radius 1 is 1.20 bits per heavy atom. The summed E-state index contributed by atoms with van der Waals surface area (Å²) >= 11 is 5.74. The highest BCUT2D eigenvalue weighted by molar-refractivity contribution is 6.32. The Bertz CT molecular complexity index is 630. The lowest BCUT2D eigenvalue weighted by atomic mass is 10.2. The van der Waals surface area contributed by atoms with Gasteiger partial charge in [-0.15, -0.1) is 0 Å². The Labute approximate surface area is 120 Å². The summed E-state index contributed by atoms with van der Waals surface area (Å²) in [5, 5.41) is 19.9. The van der Waals surface area contributed by atoms with Crippen LogP contribution in [-0.2, 0) is 13.2 Å². The monoisotopic (exact) mass is 293 g/mol. The number of ether oxygens (including phenoxy) is 1. The summed E-state index contributed by atoms with van der Waals surface area (Å²) in [6, 6.07) is 11.5. The minimum absolute atomic E-state index is 0.0659. The maximum absolute atomic E-state index is 10.8. The van der Waals surface area contributed by atoms with Crippen molar-refractivity contribution in [3.8, 4) is 5.75 Å². The fourth-order valence-corrected chi connectivity index (χ4v) is 1.87. The highest BCUT2D eigenvalue weighted by Gasteiger charge is 2.12. The highest BCUT2D eigenvalue weighted by atomic mass is 35.5. The molecule has 0 aromatic heterocycles. The molecule has 0 spiro atoms. The molecule has 0 aliphatic rings.